The highest BCUT2D eigenvalue weighted by atomic mass is 16.5. The van der Waals surface area contributed by atoms with Gasteiger partial charge < -0.3 is 10.1 Å². The molecule has 0 bridgehead atoms. The van der Waals surface area contributed by atoms with Crippen molar-refractivity contribution in [3.63, 3.8) is 0 Å². The van der Waals surface area contributed by atoms with Gasteiger partial charge in [0.25, 0.3) is 0 Å². The van der Waals surface area contributed by atoms with Crippen molar-refractivity contribution in [2.45, 2.75) is 139 Å². The van der Waals surface area contributed by atoms with Crippen LogP contribution in [0.15, 0.2) is 49.4 Å². The van der Waals surface area contributed by atoms with Crippen LogP contribution in [-0.4, -0.2) is 23.2 Å². The lowest BCUT2D eigenvalue weighted by atomic mass is 9.71. The molecule has 0 saturated heterocycles. The first kappa shape index (κ1) is 37.1. The second-order valence-electron chi connectivity index (χ2n) is 16.3. The van der Waals surface area contributed by atoms with Gasteiger partial charge in [0.15, 0.2) is 11.7 Å². The minimum atomic E-state index is -0.383. The van der Waals surface area contributed by atoms with E-state index >= 15 is 0 Å². The van der Waals surface area contributed by atoms with E-state index in [0.29, 0.717) is 47.5 Å². The molecule has 7 atom stereocenters. The molecule has 5 unspecified atom stereocenters. The Morgan fingerprint density at radius 1 is 1.05 bits per heavy atom. The van der Waals surface area contributed by atoms with Crippen LogP contribution >= 0.6 is 0 Å². The van der Waals surface area contributed by atoms with E-state index in [0.717, 1.165) is 56.9 Å². The smallest absolute Gasteiger partial charge is 0.180 e. The third kappa shape index (κ3) is 10.5. The molecule has 0 aliphatic heterocycles. The fraction of sp³-hybridized carbons (Fsp3) is 0.744. The summed E-state index contributed by atoms with van der Waals surface area (Å²) in [5.41, 5.74) is 0.755. The van der Waals surface area contributed by atoms with Gasteiger partial charge >= 0.3 is 0 Å². The lowest BCUT2D eigenvalue weighted by molar-refractivity contribution is -0.130. The fourth-order valence-corrected chi connectivity index (χ4v) is 7.74. The SMILES string of the molecule is C=CCCC(CC[C@H]1C(C(=O)C(NC(=C)OC(C)(C)C)C(C)(C)C)CC2[C@H]1C2(C)C)C(C)C(=O)CC/C=C/C(=C)CCC. The van der Waals surface area contributed by atoms with Crippen molar-refractivity contribution in [2.75, 3.05) is 0 Å². The van der Waals surface area contributed by atoms with E-state index in [1.807, 2.05) is 26.8 Å². The van der Waals surface area contributed by atoms with Crippen LogP contribution in [-0.2, 0) is 14.3 Å². The summed E-state index contributed by atoms with van der Waals surface area (Å²) in [6.45, 7) is 33.5. The standard InChI is InChI=1S/C39H65NO3/c1-14-16-21-29(27(4)33(41)22-18-17-20-26(3)19-15-2)23-24-30-31(25-32-34(30)39(32,12)13)35(42)36(37(6,7)8)40-28(5)43-38(9,10)11/h14,17,20,27,29-32,34,36,40H,1,3,5,15-16,18-19,21-25H2,2,4,6-13H3/b20-17+/t27?,29?,30-,31?,32?,34-,36?/m0/s1. The van der Waals surface area contributed by atoms with Crippen LogP contribution in [0.25, 0.3) is 0 Å². The molecule has 1 N–H and O–H groups in total. The molecule has 2 rings (SSSR count). The third-order valence-electron chi connectivity index (χ3n) is 10.2. The van der Waals surface area contributed by atoms with Crippen molar-refractivity contribution in [2.24, 2.45) is 46.3 Å². The van der Waals surface area contributed by atoms with Gasteiger partial charge in [-0.15, -0.1) is 6.58 Å². The van der Waals surface area contributed by atoms with E-state index < -0.39 is 0 Å². The van der Waals surface area contributed by atoms with Crippen LogP contribution in [0.1, 0.15) is 127 Å². The maximum Gasteiger partial charge on any atom is 0.180 e. The van der Waals surface area contributed by atoms with E-state index in [9.17, 15) is 9.59 Å². The van der Waals surface area contributed by atoms with Crippen LogP contribution in [0.3, 0.4) is 0 Å². The van der Waals surface area contributed by atoms with E-state index in [2.05, 4.69) is 85.7 Å². The number of allylic oxidation sites excluding steroid dienone is 4. The monoisotopic (exact) mass is 595 g/mol. The van der Waals surface area contributed by atoms with Gasteiger partial charge in [0.05, 0.1) is 6.04 Å². The van der Waals surface area contributed by atoms with Crippen molar-refractivity contribution in [3.05, 3.63) is 49.4 Å². The molecular weight excluding hydrogens is 530 g/mol. The van der Waals surface area contributed by atoms with Crippen molar-refractivity contribution >= 4 is 11.6 Å². The molecule has 244 valence electrons. The molecule has 2 saturated carbocycles. The van der Waals surface area contributed by atoms with E-state index in [4.69, 9.17) is 4.74 Å². The van der Waals surface area contributed by atoms with Crippen molar-refractivity contribution in [1.82, 2.24) is 5.32 Å². The Morgan fingerprint density at radius 3 is 2.26 bits per heavy atom. The molecule has 0 heterocycles. The summed E-state index contributed by atoms with van der Waals surface area (Å²) in [7, 11) is 0. The summed E-state index contributed by atoms with van der Waals surface area (Å²) in [6, 6.07) is -0.367. The maximum atomic E-state index is 14.3. The summed E-state index contributed by atoms with van der Waals surface area (Å²) >= 11 is 0. The Bertz CT molecular complexity index is 1020. The summed E-state index contributed by atoms with van der Waals surface area (Å²) in [5.74, 6) is 2.95. The summed E-state index contributed by atoms with van der Waals surface area (Å²) in [4.78, 5) is 27.6. The second-order valence-corrected chi connectivity index (χ2v) is 16.3. The quantitative estimate of drug-likeness (QED) is 0.0917. The van der Waals surface area contributed by atoms with Crippen LogP contribution in [0.5, 0.6) is 0 Å². The number of hydrogen-bond acceptors (Lipinski definition) is 4. The molecule has 2 aliphatic carbocycles. The van der Waals surface area contributed by atoms with Crippen LogP contribution in [0.2, 0.25) is 0 Å². The van der Waals surface area contributed by atoms with E-state index in [1.54, 1.807) is 0 Å². The number of carbonyl (C=O) groups is 2. The van der Waals surface area contributed by atoms with E-state index in [1.165, 1.54) is 0 Å². The highest BCUT2D eigenvalue weighted by molar-refractivity contribution is 5.88. The molecule has 0 spiro atoms. The van der Waals surface area contributed by atoms with Gasteiger partial charge in [-0.2, -0.15) is 0 Å². The van der Waals surface area contributed by atoms with Crippen molar-refractivity contribution < 1.29 is 14.3 Å². The first-order valence-electron chi connectivity index (χ1n) is 17.0. The molecule has 0 aromatic rings. The average molecular weight is 596 g/mol. The lowest BCUT2D eigenvalue weighted by Crippen LogP contribution is -2.50. The fourth-order valence-electron chi connectivity index (χ4n) is 7.74. The first-order chi connectivity index (χ1) is 19.8. The van der Waals surface area contributed by atoms with Crippen molar-refractivity contribution in [3.8, 4) is 0 Å². The zero-order chi connectivity index (χ0) is 32.8. The number of ketones is 2. The van der Waals surface area contributed by atoms with Gasteiger partial charge in [-0.1, -0.05) is 85.3 Å². The highest BCUT2D eigenvalue weighted by Crippen LogP contribution is 2.71. The Morgan fingerprint density at radius 2 is 1.70 bits per heavy atom. The Kier molecular flexibility index (Phi) is 13.2. The van der Waals surface area contributed by atoms with Crippen LogP contribution in [0.4, 0.5) is 0 Å². The Balaban J connectivity index is 2.16. The molecule has 0 aromatic heterocycles. The normalized spacial score (nSPS) is 25.0. The minimum absolute atomic E-state index is 0.00705. The van der Waals surface area contributed by atoms with Gasteiger partial charge in [0.1, 0.15) is 11.4 Å². The molecule has 4 nitrogen and oxygen atoms in total. The summed E-state index contributed by atoms with van der Waals surface area (Å²) in [5, 5.41) is 3.39. The molecule has 0 radical (unpaired) electrons. The molecule has 4 heteroatoms. The van der Waals surface area contributed by atoms with Gasteiger partial charge in [-0.25, -0.2) is 0 Å². The van der Waals surface area contributed by atoms with Crippen LogP contribution in [0, 0.1) is 46.3 Å². The van der Waals surface area contributed by atoms with E-state index in [-0.39, 0.29) is 34.3 Å². The molecule has 2 aliphatic rings. The van der Waals surface area contributed by atoms with Crippen LogP contribution < -0.4 is 5.32 Å². The number of carbonyl (C=O) groups excluding carboxylic acids is 2. The Hall–Kier alpha value is -2.10. The molecule has 2 fully saturated rings. The predicted molar refractivity (Wildman–Crippen MR) is 182 cm³/mol. The second kappa shape index (κ2) is 15.3. The lowest BCUT2D eigenvalue weighted by Gasteiger charge is -2.37. The average Bonchev–Trinajstić information content (AvgIpc) is 3.20. The zero-order valence-electron chi connectivity index (χ0n) is 29.5. The van der Waals surface area contributed by atoms with Gasteiger partial charge in [-0.3, -0.25) is 9.59 Å². The highest BCUT2D eigenvalue weighted by Gasteiger charge is 2.68. The number of ether oxygens (including phenoxy) is 1. The molecule has 0 aromatic carbocycles. The first-order valence-corrected chi connectivity index (χ1v) is 17.0. The van der Waals surface area contributed by atoms with Crippen molar-refractivity contribution in [1.29, 1.82) is 0 Å². The Labute approximate surface area is 265 Å². The number of fused-ring (bicyclic) bond motifs is 1. The topological polar surface area (TPSA) is 55.4 Å². The molecule has 0 amide bonds. The largest absolute Gasteiger partial charge is 0.474 e. The number of hydrogen-bond donors (Lipinski definition) is 1. The van der Waals surface area contributed by atoms with Gasteiger partial charge in [-0.05, 0) is 107 Å². The molecule has 43 heavy (non-hydrogen) atoms. The third-order valence-corrected chi connectivity index (χ3v) is 10.2. The number of Topliss-reactive ketones (excluding diaryl/α,β-unsaturated/α-hetero) is 2. The zero-order valence-corrected chi connectivity index (χ0v) is 29.5. The maximum absolute atomic E-state index is 14.3. The summed E-state index contributed by atoms with van der Waals surface area (Å²) < 4.78 is 5.98. The number of nitrogens with one attached hydrogen (secondary N) is 1. The minimum Gasteiger partial charge on any atom is -0.474 e. The predicted octanol–water partition coefficient (Wildman–Crippen LogP) is 10.0. The molecular formula is C39H65NO3. The number of rotatable bonds is 19. The van der Waals surface area contributed by atoms with Gasteiger partial charge in [0.2, 0.25) is 0 Å². The van der Waals surface area contributed by atoms with Gasteiger partial charge in [0, 0.05) is 18.3 Å². The summed E-state index contributed by atoms with van der Waals surface area (Å²) in [6.07, 6.45) is 14.4.